The quantitative estimate of drug-likeness (QED) is 0.497. The van der Waals surface area contributed by atoms with E-state index < -0.39 is 0 Å². The van der Waals surface area contributed by atoms with Gasteiger partial charge in [0.2, 0.25) is 0 Å². The normalized spacial score (nSPS) is 30.5. The van der Waals surface area contributed by atoms with Gasteiger partial charge in [-0.05, 0) is 25.5 Å². The summed E-state index contributed by atoms with van der Waals surface area (Å²) in [6.07, 6.45) is 2.13. The van der Waals surface area contributed by atoms with Crippen LogP contribution in [0.15, 0.2) is 11.6 Å². The van der Waals surface area contributed by atoms with Gasteiger partial charge in [0.25, 0.3) is 0 Å². The van der Waals surface area contributed by atoms with Crippen molar-refractivity contribution in [3.8, 4) is 11.8 Å². The van der Waals surface area contributed by atoms with Crippen LogP contribution in [0.4, 0.5) is 0 Å². The van der Waals surface area contributed by atoms with Gasteiger partial charge in [0.15, 0.2) is 0 Å². The minimum atomic E-state index is 0.209. The molecule has 1 aliphatic carbocycles. The molecule has 0 aromatic rings. The second-order valence-corrected chi connectivity index (χ2v) is 2.62. The maximum Gasteiger partial charge on any atom is 0.0922 e. The van der Waals surface area contributed by atoms with Crippen LogP contribution in [0.3, 0.4) is 0 Å². The van der Waals surface area contributed by atoms with Crippen molar-refractivity contribution in [2.24, 2.45) is 5.92 Å². The van der Waals surface area contributed by atoms with Gasteiger partial charge >= 0.3 is 0 Å². The zero-order chi connectivity index (χ0) is 7.56. The van der Waals surface area contributed by atoms with Gasteiger partial charge in [0, 0.05) is 13.0 Å². The Balaban J connectivity index is 2.77. The Morgan fingerprint density at radius 3 is 2.70 bits per heavy atom. The molecule has 1 aliphatic rings. The van der Waals surface area contributed by atoms with Crippen molar-refractivity contribution in [3.63, 3.8) is 0 Å². The highest BCUT2D eigenvalue weighted by molar-refractivity contribution is 5.30. The summed E-state index contributed by atoms with van der Waals surface area (Å²) in [5, 5.41) is 0. The van der Waals surface area contributed by atoms with E-state index in [2.05, 4.69) is 25.7 Å². The average molecular weight is 136 g/mol. The lowest BCUT2D eigenvalue weighted by Gasteiger charge is -2.20. The molecule has 1 heteroatoms. The molecule has 10 heavy (non-hydrogen) atoms. The molecule has 0 N–H and O–H groups in total. The minimum Gasteiger partial charge on any atom is -0.376 e. The van der Waals surface area contributed by atoms with Crippen molar-refractivity contribution < 1.29 is 4.74 Å². The SMILES string of the molecule is COC1C(C)=CC#CC1C. The smallest absolute Gasteiger partial charge is 0.0922 e. The summed E-state index contributed by atoms with van der Waals surface area (Å²) in [5.74, 6) is 6.36. The summed E-state index contributed by atoms with van der Waals surface area (Å²) in [6.45, 7) is 4.14. The predicted octanol–water partition coefficient (Wildman–Crippen LogP) is 1.60. The van der Waals surface area contributed by atoms with Crippen molar-refractivity contribution >= 4 is 0 Å². The fraction of sp³-hybridized carbons (Fsp3) is 0.556. The molecule has 1 nitrogen and oxygen atoms in total. The largest absolute Gasteiger partial charge is 0.376 e. The lowest BCUT2D eigenvalue weighted by atomic mass is 9.95. The molecule has 0 spiro atoms. The van der Waals surface area contributed by atoms with Gasteiger partial charge in [-0.15, -0.1) is 0 Å². The van der Waals surface area contributed by atoms with Crippen LogP contribution in [0.5, 0.6) is 0 Å². The maximum atomic E-state index is 5.24. The van der Waals surface area contributed by atoms with E-state index in [-0.39, 0.29) is 6.10 Å². The molecular formula is C9H12O. The molecule has 0 amide bonds. The average Bonchev–Trinajstić information content (AvgIpc) is 1.88. The van der Waals surface area contributed by atoms with Crippen LogP contribution >= 0.6 is 0 Å². The van der Waals surface area contributed by atoms with E-state index in [4.69, 9.17) is 4.74 Å². The molecule has 0 aliphatic heterocycles. The first kappa shape index (κ1) is 7.37. The molecule has 0 radical (unpaired) electrons. The number of methoxy groups -OCH3 is 1. The molecular weight excluding hydrogens is 124 g/mol. The summed E-state index contributed by atoms with van der Waals surface area (Å²) in [7, 11) is 1.73. The Kier molecular flexibility index (Phi) is 2.13. The molecule has 1 rings (SSSR count). The van der Waals surface area contributed by atoms with E-state index in [1.165, 1.54) is 5.57 Å². The van der Waals surface area contributed by atoms with Crippen LogP contribution in [0.2, 0.25) is 0 Å². The van der Waals surface area contributed by atoms with Crippen LogP contribution in [0.25, 0.3) is 0 Å². The highest BCUT2D eigenvalue weighted by Gasteiger charge is 2.17. The molecule has 0 bridgehead atoms. The fourth-order valence-corrected chi connectivity index (χ4v) is 1.23. The Bertz CT molecular complexity index is 205. The van der Waals surface area contributed by atoms with Crippen LogP contribution in [-0.2, 0) is 4.74 Å². The van der Waals surface area contributed by atoms with E-state index >= 15 is 0 Å². The van der Waals surface area contributed by atoms with E-state index in [0.717, 1.165) is 0 Å². The molecule has 54 valence electrons. The Labute approximate surface area is 62.1 Å². The Morgan fingerprint density at radius 1 is 1.60 bits per heavy atom. The third-order valence-corrected chi connectivity index (χ3v) is 1.77. The number of hydrogen-bond donors (Lipinski definition) is 0. The van der Waals surface area contributed by atoms with E-state index in [1.54, 1.807) is 7.11 Å². The van der Waals surface area contributed by atoms with Gasteiger partial charge in [-0.2, -0.15) is 0 Å². The van der Waals surface area contributed by atoms with Crippen LogP contribution in [0.1, 0.15) is 13.8 Å². The molecule has 0 saturated heterocycles. The minimum absolute atomic E-state index is 0.209. The van der Waals surface area contributed by atoms with Gasteiger partial charge in [-0.3, -0.25) is 0 Å². The van der Waals surface area contributed by atoms with Crippen LogP contribution in [-0.4, -0.2) is 13.2 Å². The topological polar surface area (TPSA) is 9.23 Å². The molecule has 0 saturated carbocycles. The number of hydrogen-bond acceptors (Lipinski definition) is 1. The Hall–Kier alpha value is -0.740. The first-order chi connectivity index (χ1) is 4.75. The maximum absolute atomic E-state index is 5.24. The zero-order valence-electron chi connectivity index (χ0n) is 6.64. The lowest BCUT2D eigenvalue weighted by Crippen LogP contribution is -2.22. The molecule has 2 unspecified atom stereocenters. The van der Waals surface area contributed by atoms with Crippen molar-refractivity contribution in [2.75, 3.05) is 7.11 Å². The van der Waals surface area contributed by atoms with Gasteiger partial charge in [-0.25, -0.2) is 0 Å². The van der Waals surface area contributed by atoms with Gasteiger partial charge in [-0.1, -0.05) is 11.8 Å². The van der Waals surface area contributed by atoms with Gasteiger partial charge < -0.3 is 4.74 Å². The molecule has 2 atom stereocenters. The molecule has 0 fully saturated rings. The van der Waals surface area contributed by atoms with E-state index in [0.29, 0.717) is 5.92 Å². The van der Waals surface area contributed by atoms with Crippen molar-refractivity contribution in [3.05, 3.63) is 11.6 Å². The first-order valence-electron chi connectivity index (χ1n) is 3.46. The summed E-state index contributed by atoms with van der Waals surface area (Å²) < 4.78 is 5.24. The Morgan fingerprint density at radius 2 is 2.30 bits per heavy atom. The summed E-state index contributed by atoms with van der Waals surface area (Å²) >= 11 is 0. The zero-order valence-corrected chi connectivity index (χ0v) is 6.64. The van der Waals surface area contributed by atoms with E-state index in [9.17, 15) is 0 Å². The van der Waals surface area contributed by atoms with Crippen LogP contribution in [0, 0.1) is 17.8 Å². The van der Waals surface area contributed by atoms with Crippen LogP contribution < -0.4 is 0 Å². The highest BCUT2D eigenvalue weighted by Crippen LogP contribution is 2.17. The van der Waals surface area contributed by atoms with Gasteiger partial charge in [0.05, 0.1) is 6.10 Å². The lowest BCUT2D eigenvalue weighted by molar-refractivity contribution is 0.105. The summed E-state index contributed by atoms with van der Waals surface area (Å²) in [6, 6.07) is 0. The first-order valence-corrected chi connectivity index (χ1v) is 3.46. The number of rotatable bonds is 1. The second-order valence-electron chi connectivity index (χ2n) is 2.62. The molecule has 0 aromatic heterocycles. The standard InChI is InChI=1S/C9H12O/c1-7-5-4-6-8(2)9(7)10-3/h5,8-9H,1-3H3. The number of ether oxygens (including phenoxy) is 1. The predicted molar refractivity (Wildman–Crippen MR) is 41.5 cm³/mol. The second kappa shape index (κ2) is 2.90. The van der Waals surface area contributed by atoms with Crippen molar-refractivity contribution in [1.82, 2.24) is 0 Å². The molecule has 0 aromatic carbocycles. The van der Waals surface area contributed by atoms with Crippen molar-refractivity contribution in [2.45, 2.75) is 20.0 Å². The third kappa shape index (κ3) is 1.22. The van der Waals surface area contributed by atoms with E-state index in [1.807, 2.05) is 6.08 Å². The third-order valence-electron chi connectivity index (χ3n) is 1.77. The summed E-state index contributed by atoms with van der Waals surface area (Å²) in [5.41, 5.74) is 1.23. The highest BCUT2D eigenvalue weighted by atomic mass is 16.5. The number of allylic oxidation sites excluding steroid dienone is 1. The monoisotopic (exact) mass is 136 g/mol. The van der Waals surface area contributed by atoms with Gasteiger partial charge in [0.1, 0.15) is 0 Å². The van der Waals surface area contributed by atoms with Crippen molar-refractivity contribution in [1.29, 1.82) is 0 Å². The molecule has 0 heterocycles. The summed E-state index contributed by atoms with van der Waals surface area (Å²) in [4.78, 5) is 0. The fourth-order valence-electron chi connectivity index (χ4n) is 1.23.